The fourth-order valence-corrected chi connectivity index (χ4v) is 0.800. The number of nitrogens with one attached hydrogen (secondary N) is 1. The second-order valence-corrected chi connectivity index (χ2v) is 2.15. The summed E-state index contributed by atoms with van der Waals surface area (Å²) in [7, 11) is 0. The minimum absolute atomic E-state index is 0.632. The third-order valence-electron chi connectivity index (χ3n) is 1.39. The van der Waals surface area contributed by atoms with E-state index in [-0.39, 0.29) is 0 Å². The van der Waals surface area contributed by atoms with E-state index in [0.717, 1.165) is 5.69 Å². The maximum atomic E-state index is 5.14. The first-order valence-corrected chi connectivity index (χ1v) is 3.18. The van der Waals surface area contributed by atoms with Crippen molar-refractivity contribution in [1.29, 1.82) is 0 Å². The minimum Gasteiger partial charge on any atom is -0.271 e. The number of nitrogens with two attached hydrogens (primary N) is 1. The van der Waals surface area contributed by atoms with E-state index in [0.29, 0.717) is 6.54 Å². The molecular weight excluding hydrogens is 126 g/mol. The van der Waals surface area contributed by atoms with Gasteiger partial charge in [0.05, 0.1) is 12.2 Å². The Labute approximate surface area is 60.2 Å². The van der Waals surface area contributed by atoms with Gasteiger partial charge in [-0.15, -0.1) is 0 Å². The van der Waals surface area contributed by atoms with Crippen LogP contribution in [0.25, 0.3) is 0 Å². The van der Waals surface area contributed by atoms with Crippen molar-refractivity contribution in [2.45, 2.75) is 13.5 Å². The van der Waals surface area contributed by atoms with E-state index in [9.17, 15) is 0 Å². The van der Waals surface area contributed by atoms with Gasteiger partial charge in [0.15, 0.2) is 0 Å². The van der Waals surface area contributed by atoms with E-state index in [1.807, 2.05) is 19.1 Å². The number of hydrogen-bond donors (Lipinski definition) is 2. The van der Waals surface area contributed by atoms with Gasteiger partial charge in [-0.3, -0.25) is 16.3 Å². The van der Waals surface area contributed by atoms with E-state index in [2.05, 4.69) is 10.4 Å². The van der Waals surface area contributed by atoms with E-state index in [1.54, 1.807) is 6.20 Å². The van der Waals surface area contributed by atoms with Crippen LogP contribution < -0.4 is 11.3 Å². The molecule has 0 aliphatic carbocycles. The molecule has 54 valence electrons. The lowest BCUT2D eigenvalue weighted by atomic mass is 10.2. The van der Waals surface area contributed by atoms with Crippen molar-refractivity contribution < 1.29 is 0 Å². The van der Waals surface area contributed by atoms with Crippen LogP contribution in [0.4, 0.5) is 0 Å². The van der Waals surface area contributed by atoms with Gasteiger partial charge >= 0.3 is 0 Å². The van der Waals surface area contributed by atoms with Crippen LogP contribution in [-0.2, 0) is 6.54 Å². The number of hydrazine groups is 1. The quantitative estimate of drug-likeness (QED) is 0.457. The van der Waals surface area contributed by atoms with Crippen LogP contribution in [0.1, 0.15) is 11.3 Å². The first-order valence-electron chi connectivity index (χ1n) is 3.18. The van der Waals surface area contributed by atoms with Gasteiger partial charge in [-0.1, -0.05) is 6.07 Å². The Morgan fingerprint density at radius 1 is 1.70 bits per heavy atom. The van der Waals surface area contributed by atoms with Crippen molar-refractivity contribution >= 4 is 0 Å². The highest BCUT2D eigenvalue weighted by atomic mass is 15.2. The Kier molecular flexibility index (Phi) is 2.36. The lowest BCUT2D eigenvalue weighted by Crippen LogP contribution is -2.22. The first-order chi connectivity index (χ1) is 4.84. The highest BCUT2D eigenvalue weighted by Gasteiger charge is 1.94. The highest BCUT2D eigenvalue weighted by molar-refractivity contribution is 5.16. The molecule has 0 radical (unpaired) electrons. The van der Waals surface area contributed by atoms with Gasteiger partial charge in [0.2, 0.25) is 0 Å². The summed E-state index contributed by atoms with van der Waals surface area (Å²) in [6, 6.07) is 3.93. The normalized spacial score (nSPS) is 9.80. The van der Waals surface area contributed by atoms with Gasteiger partial charge in [-0.05, 0) is 18.6 Å². The molecule has 3 N–H and O–H groups in total. The molecule has 1 aromatic rings. The zero-order valence-corrected chi connectivity index (χ0v) is 5.96. The van der Waals surface area contributed by atoms with Crippen LogP contribution in [0.5, 0.6) is 0 Å². The third kappa shape index (κ3) is 1.52. The van der Waals surface area contributed by atoms with Gasteiger partial charge in [0, 0.05) is 6.20 Å². The summed E-state index contributed by atoms with van der Waals surface area (Å²) in [6.07, 6.45) is 1.76. The molecule has 3 nitrogen and oxygen atoms in total. The molecule has 0 aliphatic heterocycles. The molecule has 1 heterocycles. The summed E-state index contributed by atoms with van der Waals surface area (Å²) in [6.45, 7) is 2.65. The van der Waals surface area contributed by atoms with Crippen molar-refractivity contribution in [2.24, 2.45) is 5.84 Å². The van der Waals surface area contributed by atoms with Crippen LogP contribution >= 0.6 is 0 Å². The van der Waals surface area contributed by atoms with Crippen LogP contribution in [0.15, 0.2) is 18.3 Å². The summed E-state index contributed by atoms with van der Waals surface area (Å²) in [4.78, 5) is 4.13. The zero-order chi connectivity index (χ0) is 7.40. The van der Waals surface area contributed by atoms with Crippen molar-refractivity contribution in [2.75, 3.05) is 0 Å². The molecule has 0 fully saturated rings. The number of rotatable bonds is 2. The molecule has 0 spiro atoms. The second-order valence-electron chi connectivity index (χ2n) is 2.15. The fraction of sp³-hybridized carbons (Fsp3) is 0.286. The topological polar surface area (TPSA) is 50.9 Å². The Hall–Kier alpha value is -0.930. The van der Waals surface area contributed by atoms with Crippen molar-refractivity contribution in [1.82, 2.24) is 10.4 Å². The number of pyridine rings is 1. The summed E-state index contributed by atoms with van der Waals surface area (Å²) in [5.74, 6) is 5.14. The molecule has 3 heteroatoms. The summed E-state index contributed by atoms with van der Waals surface area (Å²) in [5, 5.41) is 0. The van der Waals surface area contributed by atoms with Gasteiger partial charge < -0.3 is 0 Å². The molecule has 0 saturated heterocycles. The number of aromatic nitrogens is 1. The van der Waals surface area contributed by atoms with E-state index >= 15 is 0 Å². The molecule has 0 unspecified atom stereocenters. The molecular formula is C7H11N3. The van der Waals surface area contributed by atoms with Crippen LogP contribution in [0.3, 0.4) is 0 Å². The average Bonchev–Trinajstić information content (AvgIpc) is 1.94. The van der Waals surface area contributed by atoms with E-state index in [1.165, 1.54) is 5.56 Å². The monoisotopic (exact) mass is 137 g/mol. The Bertz CT molecular complexity index is 210. The number of aryl methyl sites for hydroxylation is 1. The van der Waals surface area contributed by atoms with Gasteiger partial charge in [0.1, 0.15) is 0 Å². The van der Waals surface area contributed by atoms with Gasteiger partial charge in [0.25, 0.3) is 0 Å². The molecule has 0 atom stereocenters. The predicted molar refractivity (Wildman–Crippen MR) is 40.0 cm³/mol. The zero-order valence-electron chi connectivity index (χ0n) is 5.96. The number of hydrogen-bond acceptors (Lipinski definition) is 3. The van der Waals surface area contributed by atoms with Crippen molar-refractivity contribution in [3.05, 3.63) is 29.6 Å². The minimum atomic E-state index is 0.632. The molecule has 0 bridgehead atoms. The Morgan fingerprint density at radius 3 is 3.10 bits per heavy atom. The first kappa shape index (κ1) is 7.18. The Balaban J connectivity index is 2.81. The summed E-state index contributed by atoms with van der Waals surface area (Å²) in [5.41, 5.74) is 4.73. The van der Waals surface area contributed by atoms with Crippen LogP contribution in [-0.4, -0.2) is 4.98 Å². The summed E-state index contributed by atoms with van der Waals surface area (Å²) >= 11 is 0. The number of nitrogens with zero attached hydrogens (tertiary/aromatic N) is 1. The molecule has 0 aliphatic rings. The average molecular weight is 137 g/mol. The maximum absolute atomic E-state index is 5.14. The van der Waals surface area contributed by atoms with Crippen molar-refractivity contribution in [3.8, 4) is 0 Å². The lowest BCUT2D eigenvalue weighted by molar-refractivity contribution is 0.718. The van der Waals surface area contributed by atoms with E-state index < -0.39 is 0 Å². The van der Waals surface area contributed by atoms with E-state index in [4.69, 9.17) is 5.84 Å². The molecule has 0 aromatic carbocycles. The van der Waals surface area contributed by atoms with Gasteiger partial charge in [-0.2, -0.15) is 0 Å². The third-order valence-corrected chi connectivity index (χ3v) is 1.39. The predicted octanol–water partition coefficient (Wildman–Crippen LogP) is 0.353. The molecule has 0 saturated carbocycles. The van der Waals surface area contributed by atoms with Crippen LogP contribution in [0.2, 0.25) is 0 Å². The van der Waals surface area contributed by atoms with Gasteiger partial charge in [-0.25, -0.2) is 0 Å². The second kappa shape index (κ2) is 3.29. The molecule has 0 amide bonds. The highest BCUT2D eigenvalue weighted by Crippen LogP contribution is 2.00. The maximum Gasteiger partial charge on any atom is 0.0584 e. The summed E-state index contributed by atoms with van der Waals surface area (Å²) < 4.78 is 0. The molecule has 1 aromatic heterocycles. The standard InChI is InChI=1S/C7H11N3/c1-6-3-2-4-9-7(6)5-10-8/h2-4,10H,5,8H2,1H3. The fourth-order valence-electron chi connectivity index (χ4n) is 0.800. The Morgan fingerprint density at radius 2 is 2.50 bits per heavy atom. The molecule has 10 heavy (non-hydrogen) atoms. The molecule has 1 rings (SSSR count). The SMILES string of the molecule is Cc1cccnc1CNN. The smallest absolute Gasteiger partial charge is 0.0584 e. The largest absolute Gasteiger partial charge is 0.271 e. The van der Waals surface area contributed by atoms with Crippen molar-refractivity contribution in [3.63, 3.8) is 0 Å². The van der Waals surface area contributed by atoms with Crippen LogP contribution in [0, 0.1) is 6.92 Å². The lowest BCUT2D eigenvalue weighted by Gasteiger charge is -2.00.